The number of thioether (sulfide) groups is 1. The predicted molar refractivity (Wildman–Crippen MR) is 86.1 cm³/mol. The maximum Gasteiger partial charge on any atom is 0.230 e. The van der Waals surface area contributed by atoms with Crippen molar-refractivity contribution in [2.75, 3.05) is 5.75 Å². The lowest BCUT2D eigenvalue weighted by atomic mass is 10.1. The fourth-order valence-corrected chi connectivity index (χ4v) is 2.42. The number of rotatable bonds is 6. The Morgan fingerprint density at radius 3 is 2.76 bits per heavy atom. The Morgan fingerprint density at radius 2 is 2.05 bits per heavy atom. The van der Waals surface area contributed by atoms with Crippen molar-refractivity contribution >= 4 is 17.7 Å². The largest absolute Gasteiger partial charge is 0.353 e. The molecule has 0 radical (unpaired) electrons. The minimum Gasteiger partial charge on any atom is -0.353 e. The van der Waals surface area contributed by atoms with Crippen LogP contribution in [0.5, 0.6) is 0 Å². The molecule has 0 aliphatic carbocycles. The molecule has 0 spiro atoms. The van der Waals surface area contributed by atoms with Crippen LogP contribution in [-0.4, -0.2) is 27.7 Å². The van der Waals surface area contributed by atoms with Gasteiger partial charge in [-0.1, -0.05) is 49.0 Å². The summed E-state index contributed by atoms with van der Waals surface area (Å²) in [5, 5.41) is 3.75. The molecule has 21 heavy (non-hydrogen) atoms. The van der Waals surface area contributed by atoms with E-state index in [9.17, 15) is 4.79 Å². The van der Waals surface area contributed by atoms with Crippen molar-refractivity contribution in [3.05, 3.63) is 42.7 Å². The van der Waals surface area contributed by atoms with Crippen LogP contribution in [0.3, 0.4) is 0 Å². The van der Waals surface area contributed by atoms with Crippen LogP contribution in [0.1, 0.15) is 20.3 Å². The smallest absolute Gasteiger partial charge is 0.230 e. The van der Waals surface area contributed by atoms with Gasteiger partial charge in [0.2, 0.25) is 5.91 Å². The highest BCUT2D eigenvalue weighted by molar-refractivity contribution is 7.99. The van der Waals surface area contributed by atoms with Gasteiger partial charge < -0.3 is 5.32 Å². The quantitative estimate of drug-likeness (QED) is 0.658. The van der Waals surface area contributed by atoms with Gasteiger partial charge in [-0.15, -0.1) is 0 Å². The van der Waals surface area contributed by atoms with Gasteiger partial charge >= 0.3 is 0 Å². The number of hydrogen-bond donors (Lipinski definition) is 1. The standard InChI is InChI=1S/C16H19N3OS/c1-3-12(2)19-15(20)10-21-16-9-14(17-11-18-16)13-7-5-4-6-8-13/h4-9,11-12H,3,10H2,1-2H3,(H,19,20)/t12-/m0/s1. The van der Waals surface area contributed by atoms with Crippen molar-refractivity contribution in [1.29, 1.82) is 0 Å². The van der Waals surface area contributed by atoms with Crippen molar-refractivity contribution in [3.63, 3.8) is 0 Å². The van der Waals surface area contributed by atoms with Gasteiger partial charge in [-0.3, -0.25) is 4.79 Å². The molecular formula is C16H19N3OS. The van der Waals surface area contributed by atoms with Gasteiger partial charge in [0.05, 0.1) is 11.4 Å². The monoisotopic (exact) mass is 301 g/mol. The van der Waals surface area contributed by atoms with Crippen LogP contribution in [-0.2, 0) is 4.79 Å². The topological polar surface area (TPSA) is 54.9 Å². The second-order valence-electron chi connectivity index (χ2n) is 4.77. The molecule has 0 fully saturated rings. The molecule has 0 saturated heterocycles. The summed E-state index contributed by atoms with van der Waals surface area (Å²) in [5.74, 6) is 0.407. The zero-order valence-electron chi connectivity index (χ0n) is 12.2. The van der Waals surface area contributed by atoms with Crippen molar-refractivity contribution < 1.29 is 4.79 Å². The highest BCUT2D eigenvalue weighted by atomic mass is 32.2. The molecule has 0 bridgehead atoms. The van der Waals surface area contributed by atoms with Gasteiger partial charge in [-0.05, 0) is 19.4 Å². The first-order valence-electron chi connectivity index (χ1n) is 6.98. The third-order valence-electron chi connectivity index (χ3n) is 3.08. The van der Waals surface area contributed by atoms with E-state index < -0.39 is 0 Å². The Kier molecular flexibility index (Phi) is 5.75. The number of carbonyl (C=O) groups is 1. The lowest BCUT2D eigenvalue weighted by Crippen LogP contribution is -2.33. The second-order valence-corrected chi connectivity index (χ2v) is 5.77. The molecule has 0 aliphatic heterocycles. The summed E-state index contributed by atoms with van der Waals surface area (Å²) in [7, 11) is 0. The third-order valence-corrected chi connectivity index (χ3v) is 4.01. The van der Waals surface area contributed by atoms with Crippen LogP contribution in [0.2, 0.25) is 0 Å². The van der Waals surface area contributed by atoms with Crippen LogP contribution in [0, 0.1) is 0 Å². The van der Waals surface area contributed by atoms with E-state index in [4.69, 9.17) is 0 Å². The predicted octanol–water partition coefficient (Wildman–Crippen LogP) is 3.15. The maximum absolute atomic E-state index is 11.8. The fraction of sp³-hybridized carbons (Fsp3) is 0.312. The maximum atomic E-state index is 11.8. The molecule has 0 unspecified atom stereocenters. The Bertz CT molecular complexity index is 589. The third kappa shape index (κ3) is 4.86. The summed E-state index contributed by atoms with van der Waals surface area (Å²) in [4.78, 5) is 20.2. The molecule has 0 saturated carbocycles. The van der Waals surface area contributed by atoms with Crippen molar-refractivity contribution in [2.45, 2.75) is 31.3 Å². The Morgan fingerprint density at radius 1 is 1.29 bits per heavy atom. The van der Waals surface area contributed by atoms with Gasteiger partial charge in [-0.2, -0.15) is 0 Å². The summed E-state index contributed by atoms with van der Waals surface area (Å²) in [5.41, 5.74) is 1.92. The lowest BCUT2D eigenvalue weighted by molar-refractivity contribution is -0.119. The molecule has 1 atom stereocenters. The van der Waals surface area contributed by atoms with Crippen LogP contribution < -0.4 is 5.32 Å². The van der Waals surface area contributed by atoms with Gasteiger partial charge in [0.25, 0.3) is 0 Å². The molecule has 2 aromatic rings. The first kappa shape index (κ1) is 15.5. The summed E-state index contributed by atoms with van der Waals surface area (Å²) in [6.45, 7) is 4.05. The number of hydrogen-bond acceptors (Lipinski definition) is 4. The number of benzene rings is 1. The molecule has 1 N–H and O–H groups in total. The van der Waals surface area contributed by atoms with E-state index >= 15 is 0 Å². The van der Waals surface area contributed by atoms with E-state index in [-0.39, 0.29) is 11.9 Å². The van der Waals surface area contributed by atoms with Crippen molar-refractivity contribution in [1.82, 2.24) is 15.3 Å². The van der Waals surface area contributed by atoms with E-state index in [1.807, 2.05) is 43.3 Å². The zero-order valence-corrected chi connectivity index (χ0v) is 13.1. The molecule has 1 aromatic carbocycles. The van der Waals surface area contributed by atoms with Gasteiger partial charge in [0.1, 0.15) is 11.4 Å². The van der Waals surface area contributed by atoms with E-state index in [2.05, 4.69) is 22.2 Å². The highest BCUT2D eigenvalue weighted by Gasteiger charge is 2.08. The summed E-state index contributed by atoms with van der Waals surface area (Å²) >= 11 is 1.43. The van der Waals surface area contributed by atoms with Crippen molar-refractivity contribution in [3.8, 4) is 11.3 Å². The number of nitrogens with zero attached hydrogens (tertiary/aromatic N) is 2. The van der Waals surface area contributed by atoms with Gasteiger partial charge in [0.15, 0.2) is 0 Å². The Balaban J connectivity index is 1.97. The first-order chi connectivity index (χ1) is 10.2. The Hall–Kier alpha value is -1.88. The average molecular weight is 301 g/mol. The minimum absolute atomic E-state index is 0.0363. The number of nitrogens with one attached hydrogen (secondary N) is 1. The second kappa shape index (κ2) is 7.78. The molecule has 4 nitrogen and oxygen atoms in total. The molecule has 1 amide bonds. The Labute approximate surface area is 129 Å². The fourth-order valence-electron chi connectivity index (χ4n) is 1.74. The number of aromatic nitrogens is 2. The van der Waals surface area contributed by atoms with Crippen LogP contribution in [0.25, 0.3) is 11.3 Å². The SMILES string of the molecule is CC[C@H](C)NC(=O)CSc1cc(-c2ccccc2)ncn1. The lowest BCUT2D eigenvalue weighted by Gasteiger charge is -2.10. The van der Waals surface area contributed by atoms with Gasteiger partial charge in [0, 0.05) is 11.6 Å². The van der Waals surface area contributed by atoms with E-state index in [1.165, 1.54) is 18.1 Å². The molecule has 5 heteroatoms. The normalized spacial score (nSPS) is 11.9. The van der Waals surface area contributed by atoms with E-state index in [0.29, 0.717) is 5.75 Å². The highest BCUT2D eigenvalue weighted by Crippen LogP contribution is 2.21. The van der Waals surface area contributed by atoms with Crippen LogP contribution in [0.4, 0.5) is 0 Å². The van der Waals surface area contributed by atoms with Crippen LogP contribution >= 0.6 is 11.8 Å². The number of amides is 1. The molecule has 0 aliphatic rings. The van der Waals surface area contributed by atoms with Gasteiger partial charge in [-0.25, -0.2) is 9.97 Å². The van der Waals surface area contributed by atoms with E-state index in [1.54, 1.807) is 0 Å². The molecular weight excluding hydrogens is 282 g/mol. The molecule has 1 aromatic heterocycles. The van der Waals surface area contributed by atoms with Crippen LogP contribution in [0.15, 0.2) is 47.8 Å². The number of carbonyl (C=O) groups excluding carboxylic acids is 1. The minimum atomic E-state index is 0.0363. The van der Waals surface area contributed by atoms with E-state index in [0.717, 1.165) is 22.7 Å². The zero-order chi connectivity index (χ0) is 15.1. The molecule has 2 rings (SSSR count). The summed E-state index contributed by atoms with van der Waals surface area (Å²) < 4.78 is 0. The average Bonchev–Trinajstić information content (AvgIpc) is 2.54. The molecule has 110 valence electrons. The molecule has 1 heterocycles. The van der Waals surface area contributed by atoms with Crippen molar-refractivity contribution in [2.24, 2.45) is 0 Å². The summed E-state index contributed by atoms with van der Waals surface area (Å²) in [6.07, 6.45) is 2.47. The summed E-state index contributed by atoms with van der Waals surface area (Å²) in [6, 6.07) is 12.1. The first-order valence-corrected chi connectivity index (χ1v) is 7.97.